The number of likely N-dealkylation sites (tertiary alicyclic amines) is 1. The summed E-state index contributed by atoms with van der Waals surface area (Å²) in [6, 6.07) is -0.699. The topological polar surface area (TPSA) is 127 Å². The molecule has 152 valence electrons. The minimum atomic E-state index is -1.25. The van der Waals surface area contributed by atoms with Crippen molar-refractivity contribution in [3.63, 3.8) is 0 Å². The van der Waals surface area contributed by atoms with Gasteiger partial charge in [-0.2, -0.15) is 4.98 Å². The van der Waals surface area contributed by atoms with Crippen LogP contribution in [0.5, 0.6) is 0 Å². The van der Waals surface area contributed by atoms with E-state index in [1.807, 2.05) is 0 Å². The SMILES string of the molecule is COC(=O)C1(CN[C@H](c2ncno2)[C@@H](C)O)CCCN1C(=O)OC(C)(C)C. The number of hydrogen-bond acceptors (Lipinski definition) is 9. The Kier molecular flexibility index (Phi) is 6.42. The molecule has 2 heterocycles. The maximum Gasteiger partial charge on any atom is 0.411 e. The van der Waals surface area contributed by atoms with Crippen molar-refractivity contribution < 1.29 is 28.7 Å². The third kappa shape index (κ3) is 4.75. The molecule has 0 spiro atoms. The molecule has 10 nitrogen and oxygen atoms in total. The molecule has 1 aromatic rings. The molecule has 1 aliphatic rings. The van der Waals surface area contributed by atoms with Gasteiger partial charge in [-0.3, -0.25) is 4.90 Å². The fraction of sp³-hybridized carbons (Fsp3) is 0.765. The third-order valence-corrected chi connectivity index (χ3v) is 4.41. The van der Waals surface area contributed by atoms with Crippen LogP contribution in [0.3, 0.4) is 0 Å². The van der Waals surface area contributed by atoms with Crippen molar-refractivity contribution in [2.24, 2.45) is 0 Å². The van der Waals surface area contributed by atoms with E-state index in [2.05, 4.69) is 15.5 Å². The first kappa shape index (κ1) is 21.1. The lowest BCUT2D eigenvalue weighted by Gasteiger charge is -2.37. The number of amides is 1. The van der Waals surface area contributed by atoms with E-state index >= 15 is 0 Å². The van der Waals surface area contributed by atoms with Crippen LogP contribution in [-0.4, -0.2) is 69.7 Å². The number of nitrogens with one attached hydrogen (secondary N) is 1. The summed E-state index contributed by atoms with van der Waals surface area (Å²) in [5.74, 6) is -0.361. The van der Waals surface area contributed by atoms with E-state index in [0.29, 0.717) is 19.4 Å². The highest BCUT2D eigenvalue weighted by molar-refractivity contribution is 5.87. The van der Waals surface area contributed by atoms with Crippen LogP contribution in [-0.2, 0) is 14.3 Å². The number of nitrogens with zero attached hydrogens (tertiary/aromatic N) is 3. The molecule has 0 aliphatic carbocycles. The van der Waals surface area contributed by atoms with Gasteiger partial charge in [-0.15, -0.1) is 0 Å². The van der Waals surface area contributed by atoms with Crippen molar-refractivity contribution in [3.05, 3.63) is 12.2 Å². The Morgan fingerprint density at radius 1 is 1.48 bits per heavy atom. The molecule has 0 bridgehead atoms. The predicted molar refractivity (Wildman–Crippen MR) is 93.6 cm³/mol. The molecule has 0 saturated carbocycles. The average molecular weight is 384 g/mol. The van der Waals surface area contributed by atoms with Crippen LogP contribution in [0.1, 0.15) is 52.5 Å². The largest absolute Gasteiger partial charge is 0.467 e. The highest BCUT2D eigenvalue weighted by Crippen LogP contribution is 2.32. The molecule has 0 aromatic carbocycles. The first-order valence-corrected chi connectivity index (χ1v) is 8.88. The van der Waals surface area contributed by atoms with E-state index in [4.69, 9.17) is 14.0 Å². The normalized spacial score (nSPS) is 22.4. The van der Waals surface area contributed by atoms with E-state index < -0.39 is 35.3 Å². The quantitative estimate of drug-likeness (QED) is 0.691. The standard InChI is InChI=1S/C17H28N4O6/c1-11(22)12(13-19-10-20-27-13)18-9-17(14(23)25-5)7-6-8-21(17)15(24)26-16(2,3)4/h10-12,18,22H,6-9H2,1-5H3/t11-,12+,17?/m1/s1. The molecule has 10 heteroatoms. The van der Waals surface area contributed by atoms with Crippen LogP contribution in [0.2, 0.25) is 0 Å². The lowest BCUT2D eigenvalue weighted by molar-refractivity contribution is -0.153. The summed E-state index contributed by atoms with van der Waals surface area (Å²) >= 11 is 0. The van der Waals surface area contributed by atoms with Gasteiger partial charge in [-0.25, -0.2) is 9.59 Å². The summed E-state index contributed by atoms with van der Waals surface area (Å²) in [5.41, 5.74) is -1.94. The van der Waals surface area contributed by atoms with E-state index in [1.54, 1.807) is 27.7 Å². The van der Waals surface area contributed by atoms with Gasteiger partial charge in [0.2, 0.25) is 5.89 Å². The van der Waals surface area contributed by atoms with Gasteiger partial charge in [0.25, 0.3) is 0 Å². The molecule has 1 aromatic heterocycles. The zero-order chi connectivity index (χ0) is 20.2. The summed E-state index contributed by atoms with van der Waals surface area (Å²) in [4.78, 5) is 30.7. The summed E-state index contributed by atoms with van der Waals surface area (Å²) < 4.78 is 15.5. The maximum atomic E-state index is 12.7. The summed E-state index contributed by atoms with van der Waals surface area (Å²) in [5, 5.41) is 16.7. The molecule has 1 amide bonds. The molecular formula is C17H28N4O6. The van der Waals surface area contributed by atoms with E-state index in [0.717, 1.165) is 0 Å². The van der Waals surface area contributed by atoms with Gasteiger partial charge in [0.05, 0.1) is 13.2 Å². The number of methoxy groups -OCH3 is 1. The van der Waals surface area contributed by atoms with Gasteiger partial charge in [0.15, 0.2) is 11.9 Å². The lowest BCUT2D eigenvalue weighted by atomic mass is 9.95. The van der Waals surface area contributed by atoms with E-state index in [1.165, 1.54) is 18.3 Å². The number of aromatic nitrogens is 2. The van der Waals surface area contributed by atoms with Gasteiger partial charge in [0.1, 0.15) is 11.6 Å². The molecule has 1 saturated heterocycles. The Hall–Kier alpha value is -2.20. The number of aliphatic hydroxyl groups is 1. The fourth-order valence-corrected chi connectivity index (χ4v) is 3.18. The number of aliphatic hydroxyl groups excluding tert-OH is 1. The lowest BCUT2D eigenvalue weighted by Crippen LogP contribution is -2.60. The Bertz CT molecular complexity index is 642. The molecule has 0 radical (unpaired) electrons. The summed E-state index contributed by atoms with van der Waals surface area (Å²) in [6.45, 7) is 7.25. The zero-order valence-corrected chi connectivity index (χ0v) is 16.4. The average Bonchev–Trinajstić information content (AvgIpc) is 3.22. The number of carbonyl (C=O) groups excluding carboxylic acids is 2. The molecule has 3 atom stereocenters. The Morgan fingerprint density at radius 2 is 2.19 bits per heavy atom. The van der Waals surface area contributed by atoms with Crippen LogP contribution in [0.4, 0.5) is 4.79 Å². The second-order valence-corrected chi connectivity index (χ2v) is 7.64. The molecular weight excluding hydrogens is 356 g/mol. The number of hydrogen-bond donors (Lipinski definition) is 2. The monoisotopic (exact) mass is 384 g/mol. The Balaban J connectivity index is 2.25. The molecule has 2 N–H and O–H groups in total. The van der Waals surface area contributed by atoms with Gasteiger partial charge >= 0.3 is 12.1 Å². The third-order valence-electron chi connectivity index (χ3n) is 4.41. The number of carbonyl (C=O) groups is 2. The summed E-state index contributed by atoms with van der Waals surface area (Å²) in [7, 11) is 1.28. The van der Waals surface area contributed by atoms with Crippen LogP contribution >= 0.6 is 0 Å². The first-order valence-electron chi connectivity index (χ1n) is 8.88. The minimum Gasteiger partial charge on any atom is -0.467 e. The summed E-state index contributed by atoms with van der Waals surface area (Å²) in [6.07, 6.45) is 0.804. The minimum absolute atomic E-state index is 0.0386. The van der Waals surface area contributed by atoms with Gasteiger partial charge in [-0.1, -0.05) is 5.16 Å². The van der Waals surface area contributed by atoms with Crippen molar-refractivity contribution >= 4 is 12.1 Å². The second-order valence-electron chi connectivity index (χ2n) is 7.64. The highest BCUT2D eigenvalue weighted by atomic mass is 16.6. The predicted octanol–water partition coefficient (Wildman–Crippen LogP) is 1.02. The first-order chi connectivity index (χ1) is 12.6. The van der Waals surface area contributed by atoms with Crippen LogP contribution in [0, 0.1) is 0 Å². The van der Waals surface area contributed by atoms with Gasteiger partial charge in [-0.05, 0) is 40.5 Å². The molecule has 1 fully saturated rings. The maximum absolute atomic E-state index is 12.7. The van der Waals surface area contributed by atoms with Crippen molar-refractivity contribution in [3.8, 4) is 0 Å². The number of rotatable bonds is 6. The van der Waals surface area contributed by atoms with Crippen LogP contribution < -0.4 is 5.32 Å². The Morgan fingerprint density at radius 3 is 2.70 bits per heavy atom. The smallest absolute Gasteiger partial charge is 0.411 e. The van der Waals surface area contributed by atoms with E-state index in [9.17, 15) is 14.7 Å². The van der Waals surface area contributed by atoms with E-state index in [-0.39, 0.29) is 12.4 Å². The highest BCUT2D eigenvalue weighted by Gasteiger charge is 2.52. The molecule has 27 heavy (non-hydrogen) atoms. The molecule has 2 rings (SSSR count). The fourth-order valence-electron chi connectivity index (χ4n) is 3.18. The number of ether oxygens (including phenoxy) is 2. The Labute approximate surface area is 158 Å². The van der Waals surface area contributed by atoms with Crippen molar-refractivity contribution in [2.45, 2.75) is 63.8 Å². The van der Waals surface area contributed by atoms with Gasteiger partial charge < -0.3 is 24.4 Å². The number of esters is 1. The van der Waals surface area contributed by atoms with Crippen LogP contribution in [0.15, 0.2) is 10.9 Å². The zero-order valence-electron chi connectivity index (χ0n) is 16.4. The molecule has 1 unspecified atom stereocenters. The van der Waals surface area contributed by atoms with Crippen molar-refractivity contribution in [2.75, 3.05) is 20.2 Å². The van der Waals surface area contributed by atoms with Crippen molar-refractivity contribution in [1.29, 1.82) is 0 Å². The van der Waals surface area contributed by atoms with Crippen LogP contribution in [0.25, 0.3) is 0 Å². The van der Waals surface area contributed by atoms with Gasteiger partial charge in [0, 0.05) is 13.1 Å². The molecule has 1 aliphatic heterocycles. The van der Waals surface area contributed by atoms with Crippen molar-refractivity contribution in [1.82, 2.24) is 20.4 Å². The second kappa shape index (κ2) is 8.22.